The summed E-state index contributed by atoms with van der Waals surface area (Å²) in [5.74, 6) is -0.520. The van der Waals surface area contributed by atoms with Crippen LogP contribution < -0.4 is 10.9 Å². The van der Waals surface area contributed by atoms with Gasteiger partial charge in [0.1, 0.15) is 11.1 Å². The van der Waals surface area contributed by atoms with Gasteiger partial charge in [0.25, 0.3) is 5.91 Å². The first kappa shape index (κ1) is 21.4. The fourth-order valence-corrected chi connectivity index (χ4v) is 4.06. The van der Waals surface area contributed by atoms with E-state index in [-0.39, 0.29) is 28.8 Å². The average Bonchev–Trinajstić information content (AvgIpc) is 3.20. The van der Waals surface area contributed by atoms with Crippen LogP contribution in [0.15, 0.2) is 73.1 Å². The molecule has 4 rings (SSSR count). The third-order valence-electron chi connectivity index (χ3n) is 4.80. The molecule has 4 aromatic rings. The topological polar surface area (TPSA) is 132 Å². The number of amides is 1. The van der Waals surface area contributed by atoms with E-state index in [0.717, 1.165) is 5.56 Å². The Bertz CT molecular complexity index is 1450. The lowest BCUT2D eigenvalue weighted by Gasteiger charge is -2.08. The normalized spacial score (nSPS) is 11.7. The van der Waals surface area contributed by atoms with Gasteiger partial charge in [0.15, 0.2) is 9.84 Å². The molecule has 2 aromatic heterocycles. The minimum absolute atomic E-state index is 0.170. The third-order valence-corrected chi connectivity index (χ3v) is 6.97. The third kappa shape index (κ3) is 4.30. The van der Waals surface area contributed by atoms with Gasteiger partial charge in [0.05, 0.1) is 16.6 Å². The molecule has 0 atom stereocenters. The number of sulfone groups is 1. The van der Waals surface area contributed by atoms with Crippen LogP contribution in [0.2, 0.25) is 0 Å². The second-order valence-corrected chi connectivity index (χ2v) is 9.86. The van der Waals surface area contributed by atoms with E-state index in [9.17, 15) is 18.0 Å². The predicted octanol–water partition coefficient (Wildman–Crippen LogP) is 3.20. The van der Waals surface area contributed by atoms with Crippen LogP contribution in [-0.4, -0.2) is 29.8 Å². The van der Waals surface area contributed by atoms with Crippen molar-refractivity contribution in [1.82, 2.24) is 10.2 Å². The molecule has 164 valence electrons. The molecule has 0 radical (unpaired) electrons. The van der Waals surface area contributed by atoms with E-state index in [1.807, 2.05) is 0 Å². The maximum atomic E-state index is 12.5. The molecule has 0 aliphatic heterocycles. The Balaban J connectivity index is 1.47. The van der Waals surface area contributed by atoms with E-state index < -0.39 is 26.6 Å². The highest BCUT2D eigenvalue weighted by Crippen LogP contribution is 2.19. The summed E-state index contributed by atoms with van der Waals surface area (Å²) >= 11 is 0. The molecule has 32 heavy (non-hydrogen) atoms. The summed E-state index contributed by atoms with van der Waals surface area (Å²) in [6.45, 7) is 3.25. The minimum atomic E-state index is -3.35. The van der Waals surface area contributed by atoms with Crippen molar-refractivity contribution in [3.05, 3.63) is 82.0 Å². The van der Waals surface area contributed by atoms with Crippen LogP contribution in [0.1, 0.15) is 35.7 Å². The number of aromatic nitrogens is 2. The monoisotopic (exact) mass is 453 g/mol. The van der Waals surface area contributed by atoms with Crippen molar-refractivity contribution in [2.75, 3.05) is 5.32 Å². The molecule has 0 aliphatic rings. The van der Waals surface area contributed by atoms with Crippen LogP contribution in [0, 0.1) is 0 Å². The number of carbonyl (C=O) groups is 1. The summed E-state index contributed by atoms with van der Waals surface area (Å²) in [6, 6.07) is 14.5. The van der Waals surface area contributed by atoms with Crippen LogP contribution in [0.3, 0.4) is 0 Å². The number of benzene rings is 2. The quantitative estimate of drug-likeness (QED) is 0.440. The largest absolute Gasteiger partial charge is 0.422 e. The number of fused-ring (bicyclic) bond motifs is 1. The number of nitrogens with one attached hydrogen (secondary N) is 1. The molecule has 0 aliphatic carbocycles. The zero-order valence-corrected chi connectivity index (χ0v) is 18.0. The highest BCUT2D eigenvalue weighted by Gasteiger charge is 2.19. The van der Waals surface area contributed by atoms with E-state index in [1.165, 1.54) is 18.2 Å². The van der Waals surface area contributed by atoms with Gasteiger partial charge in [-0.15, -0.1) is 5.10 Å². The van der Waals surface area contributed by atoms with Gasteiger partial charge < -0.3 is 8.83 Å². The van der Waals surface area contributed by atoms with Crippen LogP contribution in [-0.2, 0) is 16.3 Å². The SMILES string of the molecule is CC(C)S(=O)(=O)c1ccc(Cc2nnc(NC(=O)c3cc4ccccc4oc3=O)o2)cc1. The molecule has 2 heterocycles. The molecule has 0 bridgehead atoms. The van der Waals surface area contributed by atoms with Gasteiger partial charge in [-0.1, -0.05) is 35.4 Å². The number of nitrogens with zero attached hydrogens (tertiary/aromatic N) is 2. The van der Waals surface area contributed by atoms with Crippen molar-refractivity contribution in [2.45, 2.75) is 30.4 Å². The smallest absolute Gasteiger partial charge is 0.349 e. The lowest BCUT2D eigenvalue weighted by atomic mass is 10.1. The van der Waals surface area contributed by atoms with Crippen molar-refractivity contribution in [1.29, 1.82) is 0 Å². The summed E-state index contributed by atoms with van der Waals surface area (Å²) in [6.07, 6.45) is 0.239. The second kappa shape index (κ2) is 8.39. The Hall–Kier alpha value is -3.79. The molecule has 1 amide bonds. The molecule has 0 fully saturated rings. The Morgan fingerprint density at radius 3 is 2.47 bits per heavy atom. The van der Waals surface area contributed by atoms with Crippen LogP contribution in [0.25, 0.3) is 11.0 Å². The molecule has 9 nitrogen and oxygen atoms in total. The standard InChI is InChI=1S/C22H19N3O6S/c1-13(2)32(28,29)16-9-7-14(8-10-16)11-19-24-25-22(31-19)23-20(26)17-12-15-5-3-4-6-18(15)30-21(17)27/h3-10,12-13H,11H2,1-2H3,(H,23,25,26). The van der Waals surface area contributed by atoms with Crippen molar-refractivity contribution < 1.29 is 22.0 Å². The molecule has 0 saturated heterocycles. The van der Waals surface area contributed by atoms with Crippen molar-refractivity contribution in [3.8, 4) is 0 Å². The lowest BCUT2D eigenvalue weighted by Crippen LogP contribution is -2.20. The first-order valence-corrected chi connectivity index (χ1v) is 11.3. The van der Waals surface area contributed by atoms with Crippen molar-refractivity contribution in [3.63, 3.8) is 0 Å². The maximum absolute atomic E-state index is 12.5. The Kier molecular flexibility index (Phi) is 5.62. The fraction of sp³-hybridized carbons (Fsp3) is 0.182. The molecule has 1 N–H and O–H groups in total. The van der Waals surface area contributed by atoms with Gasteiger partial charge in [-0.3, -0.25) is 10.1 Å². The fourth-order valence-electron chi connectivity index (χ4n) is 3.00. The summed E-state index contributed by atoms with van der Waals surface area (Å²) in [7, 11) is -3.35. The number of carbonyl (C=O) groups excluding carboxylic acids is 1. The van der Waals surface area contributed by atoms with E-state index in [4.69, 9.17) is 8.83 Å². The summed E-state index contributed by atoms with van der Waals surface area (Å²) < 4.78 is 35.0. The van der Waals surface area contributed by atoms with Gasteiger partial charge in [0.2, 0.25) is 5.89 Å². The molecule has 0 unspecified atom stereocenters. The van der Waals surface area contributed by atoms with Crippen molar-refractivity contribution >= 4 is 32.7 Å². The molecule has 10 heteroatoms. The molecule has 0 spiro atoms. The van der Waals surface area contributed by atoms with Crippen LogP contribution in [0.5, 0.6) is 0 Å². The number of para-hydroxylation sites is 1. The molecule has 2 aromatic carbocycles. The highest BCUT2D eigenvalue weighted by atomic mass is 32.2. The number of anilines is 1. The summed E-state index contributed by atoms with van der Waals surface area (Å²) in [5.41, 5.74) is 0.161. The van der Waals surface area contributed by atoms with Crippen molar-refractivity contribution in [2.24, 2.45) is 0 Å². The van der Waals surface area contributed by atoms with E-state index in [2.05, 4.69) is 15.5 Å². The van der Waals surface area contributed by atoms with Gasteiger partial charge >= 0.3 is 11.6 Å². The molecular weight excluding hydrogens is 434 g/mol. The summed E-state index contributed by atoms with van der Waals surface area (Å²) in [5, 5.41) is 10.1. The number of hydrogen-bond acceptors (Lipinski definition) is 8. The van der Waals surface area contributed by atoms with E-state index in [0.29, 0.717) is 11.0 Å². The number of hydrogen-bond donors (Lipinski definition) is 1. The molecular formula is C22H19N3O6S. The zero-order chi connectivity index (χ0) is 22.9. The minimum Gasteiger partial charge on any atom is -0.422 e. The van der Waals surface area contributed by atoms with E-state index >= 15 is 0 Å². The van der Waals surface area contributed by atoms with Gasteiger partial charge in [0, 0.05) is 5.39 Å². The predicted molar refractivity (Wildman–Crippen MR) is 116 cm³/mol. The Morgan fingerprint density at radius 1 is 1.03 bits per heavy atom. The first-order chi connectivity index (χ1) is 15.2. The highest BCUT2D eigenvalue weighted by molar-refractivity contribution is 7.92. The molecule has 0 saturated carbocycles. The van der Waals surface area contributed by atoms with Gasteiger partial charge in [-0.2, -0.15) is 0 Å². The maximum Gasteiger partial charge on any atom is 0.349 e. The zero-order valence-electron chi connectivity index (χ0n) is 17.2. The number of rotatable bonds is 6. The summed E-state index contributed by atoms with van der Waals surface area (Å²) in [4.78, 5) is 24.8. The average molecular weight is 453 g/mol. The van der Waals surface area contributed by atoms with E-state index in [1.54, 1.807) is 50.2 Å². The van der Waals surface area contributed by atoms with Gasteiger partial charge in [-0.25, -0.2) is 13.2 Å². The second-order valence-electron chi connectivity index (χ2n) is 7.35. The lowest BCUT2D eigenvalue weighted by molar-refractivity contribution is 0.102. The van der Waals surface area contributed by atoms with Crippen LogP contribution in [0.4, 0.5) is 6.01 Å². The van der Waals surface area contributed by atoms with Crippen LogP contribution >= 0.6 is 0 Å². The Morgan fingerprint density at radius 2 is 1.75 bits per heavy atom. The van der Waals surface area contributed by atoms with Gasteiger partial charge in [-0.05, 0) is 43.7 Å². The Labute approximate surface area is 183 Å². The first-order valence-electron chi connectivity index (χ1n) is 9.73.